The largest absolute Gasteiger partial charge is 0.487 e. The van der Waals surface area contributed by atoms with Crippen molar-refractivity contribution in [2.45, 2.75) is 82.9 Å². The first-order chi connectivity index (χ1) is 19.3. The van der Waals surface area contributed by atoms with Gasteiger partial charge in [-0.15, -0.1) is 0 Å². The molecule has 2 aliphatic heterocycles. The predicted octanol–water partition coefficient (Wildman–Crippen LogP) is 5.22. The van der Waals surface area contributed by atoms with Gasteiger partial charge in [-0.05, 0) is 87.1 Å². The lowest BCUT2D eigenvalue weighted by Crippen LogP contribution is -2.69. The van der Waals surface area contributed by atoms with E-state index in [4.69, 9.17) is 13.9 Å². The molecule has 40 heavy (non-hydrogen) atoms. The van der Waals surface area contributed by atoms with Gasteiger partial charge in [-0.25, -0.2) is 0 Å². The molecule has 2 bridgehead atoms. The molecule has 7 nitrogen and oxygen atoms in total. The second-order valence-electron chi connectivity index (χ2n) is 13.1. The number of rotatable bonds is 8. The van der Waals surface area contributed by atoms with Crippen molar-refractivity contribution in [3.05, 3.63) is 53.5 Å². The fourth-order valence-electron chi connectivity index (χ4n) is 8.44. The van der Waals surface area contributed by atoms with E-state index in [9.17, 15) is 9.59 Å². The van der Waals surface area contributed by atoms with E-state index < -0.39 is 0 Å². The van der Waals surface area contributed by atoms with Crippen molar-refractivity contribution in [1.29, 1.82) is 0 Å². The van der Waals surface area contributed by atoms with E-state index in [0.29, 0.717) is 30.2 Å². The number of ether oxygens (including phenoxy) is 2. The van der Waals surface area contributed by atoms with Crippen LogP contribution in [0.2, 0.25) is 0 Å². The van der Waals surface area contributed by atoms with Crippen LogP contribution in [0.25, 0.3) is 6.08 Å². The van der Waals surface area contributed by atoms with Gasteiger partial charge in [0.15, 0.2) is 0 Å². The second-order valence-corrected chi connectivity index (χ2v) is 13.1. The van der Waals surface area contributed by atoms with Crippen molar-refractivity contribution in [2.24, 2.45) is 17.8 Å². The highest BCUT2D eigenvalue weighted by Gasteiger charge is 2.66. The molecule has 1 spiro atoms. The number of hydrogen-bond donors (Lipinski definition) is 0. The maximum absolute atomic E-state index is 13.8. The topological polar surface area (TPSA) is 72.2 Å². The number of likely N-dealkylation sites (tertiary alicyclic amines) is 1. The van der Waals surface area contributed by atoms with Crippen molar-refractivity contribution >= 4 is 18.0 Å². The number of nitrogens with zero attached hydrogens (tertiary/aromatic N) is 2. The zero-order chi connectivity index (χ0) is 27.6. The minimum absolute atomic E-state index is 0.0219. The standard InChI is InChI=1S/C33H40N2O5/c1-20(2)17-35(30(37)11-6-23-12-15-38-19-23)26-8-7-25-27-16-24-28(39-21(3)36)9-10-29-31(24)33(25,32(26)40-29)13-14-34(27)18-22-4-5-22/h6,9-12,15,19-20,22,25-27,32H,4-5,7-8,13-14,16-18H2,1-3H3/b11-6+/t25-,26+,27+,32-,33-/m0/s1. The Bertz CT molecular complexity index is 1330. The van der Waals surface area contributed by atoms with E-state index in [1.165, 1.54) is 31.9 Å². The van der Waals surface area contributed by atoms with Crippen molar-refractivity contribution < 1.29 is 23.5 Å². The summed E-state index contributed by atoms with van der Waals surface area (Å²) in [5.41, 5.74) is 3.13. The number of amides is 1. The summed E-state index contributed by atoms with van der Waals surface area (Å²) in [7, 11) is 0. The van der Waals surface area contributed by atoms with Gasteiger partial charge in [-0.3, -0.25) is 14.5 Å². The van der Waals surface area contributed by atoms with Crippen molar-refractivity contribution in [2.75, 3.05) is 19.6 Å². The average molecular weight is 545 g/mol. The molecule has 2 saturated carbocycles. The molecule has 1 aromatic carbocycles. The molecular formula is C33H40N2O5. The Balaban J connectivity index is 1.29. The summed E-state index contributed by atoms with van der Waals surface area (Å²) in [6.45, 7) is 8.72. The van der Waals surface area contributed by atoms with Gasteiger partial charge in [0.1, 0.15) is 17.6 Å². The maximum atomic E-state index is 13.8. The molecule has 5 aliphatic rings. The van der Waals surface area contributed by atoms with Crippen LogP contribution in [0, 0.1) is 17.8 Å². The Morgan fingerprint density at radius 2 is 2.05 bits per heavy atom. The van der Waals surface area contributed by atoms with Crippen LogP contribution >= 0.6 is 0 Å². The number of piperidine rings is 1. The summed E-state index contributed by atoms with van der Waals surface area (Å²) in [4.78, 5) is 30.7. The molecule has 3 aliphatic carbocycles. The van der Waals surface area contributed by atoms with Crippen LogP contribution in [-0.4, -0.2) is 59.5 Å². The van der Waals surface area contributed by atoms with E-state index in [1.54, 1.807) is 18.6 Å². The number of esters is 1. The molecule has 7 heteroatoms. The first-order valence-corrected chi connectivity index (χ1v) is 15.1. The minimum Gasteiger partial charge on any atom is -0.487 e. The fourth-order valence-corrected chi connectivity index (χ4v) is 8.44. The van der Waals surface area contributed by atoms with Gasteiger partial charge in [0.05, 0.1) is 18.6 Å². The van der Waals surface area contributed by atoms with Crippen LogP contribution in [0.4, 0.5) is 0 Å². The second kappa shape index (κ2) is 9.79. The van der Waals surface area contributed by atoms with Gasteiger partial charge in [-0.2, -0.15) is 0 Å². The molecule has 1 amide bonds. The van der Waals surface area contributed by atoms with Crippen LogP contribution in [0.1, 0.15) is 69.6 Å². The molecular weight excluding hydrogens is 504 g/mol. The van der Waals surface area contributed by atoms with Gasteiger partial charge in [-0.1, -0.05) is 13.8 Å². The molecule has 1 aromatic heterocycles. The lowest BCUT2D eigenvalue weighted by molar-refractivity contribution is -0.139. The highest BCUT2D eigenvalue weighted by Crippen LogP contribution is 2.64. The Morgan fingerprint density at radius 3 is 2.77 bits per heavy atom. The summed E-state index contributed by atoms with van der Waals surface area (Å²) >= 11 is 0. The van der Waals surface area contributed by atoms with Crippen LogP contribution < -0.4 is 9.47 Å². The van der Waals surface area contributed by atoms with Crippen LogP contribution in [0.5, 0.6) is 11.5 Å². The highest BCUT2D eigenvalue weighted by atomic mass is 16.5. The lowest BCUT2D eigenvalue weighted by atomic mass is 9.50. The molecule has 3 heterocycles. The van der Waals surface area contributed by atoms with E-state index in [-0.39, 0.29) is 29.4 Å². The first kappa shape index (κ1) is 25.9. The molecule has 5 atom stereocenters. The monoisotopic (exact) mass is 544 g/mol. The molecule has 0 radical (unpaired) electrons. The quantitative estimate of drug-likeness (QED) is 0.258. The molecule has 7 rings (SSSR count). The summed E-state index contributed by atoms with van der Waals surface area (Å²) in [5.74, 6) is 2.97. The van der Waals surface area contributed by atoms with E-state index in [0.717, 1.165) is 55.0 Å². The summed E-state index contributed by atoms with van der Waals surface area (Å²) in [5, 5.41) is 0. The molecule has 0 N–H and O–H groups in total. The van der Waals surface area contributed by atoms with E-state index in [1.807, 2.05) is 24.3 Å². The normalized spacial score (nSPS) is 30.3. The van der Waals surface area contributed by atoms with Crippen LogP contribution in [0.3, 0.4) is 0 Å². The fraction of sp³-hybridized carbons (Fsp3) is 0.576. The van der Waals surface area contributed by atoms with Crippen molar-refractivity contribution in [3.8, 4) is 11.5 Å². The van der Waals surface area contributed by atoms with Gasteiger partial charge in [0.2, 0.25) is 5.91 Å². The predicted molar refractivity (Wildman–Crippen MR) is 151 cm³/mol. The first-order valence-electron chi connectivity index (χ1n) is 15.1. The van der Waals surface area contributed by atoms with Crippen molar-refractivity contribution in [1.82, 2.24) is 9.80 Å². The van der Waals surface area contributed by atoms with Crippen molar-refractivity contribution in [3.63, 3.8) is 0 Å². The Hall–Kier alpha value is -3.06. The highest BCUT2D eigenvalue weighted by molar-refractivity contribution is 5.92. The number of furan rings is 1. The zero-order valence-electron chi connectivity index (χ0n) is 23.8. The summed E-state index contributed by atoms with van der Waals surface area (Å²) in [6.07, 6.45) is 13.3. The third-order valence-corrected chi connectivity index (χ3v) is 10.1. The van der Waals surface area contributed by atoms with Gasteiger partial charge >= 0.3 is 5.97 Å². The third-order valence-electron chi connectivity index (χ3n) is 10.1. The maximum Gasteiger partial charge on any atom is 0.308 e. The number of carbonyl (C=O) groups excluding carboxylic acids is 2. The molecule has 3 fully saturated rings. The third kappa shape index (κ3) is 4.20. The smallest absolute Gasteiger partial charge is 0.308 e. The zero-order valence-corrected chi connectivity index (χ0v) is 23.8. The van der Waals surface area contributed by atoms with E-state index in [2.05, 4.69) is 23.6 Å². The number of carbonyl (C=O) groups is 2. The van der Waals surface area contributed by atoms with Gasteiger partial charge < -0.3 is 18.8 Å². The molecule has 0 unspecified atom stereocenters. The number of benzene rings is 1. The Morgan fingerprint density at radius 1 is 1.20 bits per heavy atom. The Kier molecular flexibility index (Phi) is 6.33. The lowest BCUT2D eigenvalue weighted by Gasteiger charge is -2.60. The molecule has 2 aromatic rings. The van der Waals surface area contributed by atoms with Gasteiger partial charge in [0, 0.05) is 54.2 Å². The van der Waals surface area contributed by atoms with Crippen LogP contribution in [0.15, 0.2) is 41.2 Å². The Labute approximate surface area is 236 Å². The van der Waals surface area contributed by atoms with Gasteiger partial charge in [0.25, 0.3) is 0 Å². The molecule has 212 valence electrons. The summed E-state index contributed by atoms with van der Waals surface area (Å²) in [6, 6.07) is 6.17. The minimum atomic E-state index is -0.286. The van der Waals surface area contributed by atoms with Crippen LogP contribution in [-0.2, 0) is 21.4 Å². The number of hydrogen-bond acceptors (Lipinski definition) is 6. The SMILES string of the molecule is CC(=O)Oc1ccc2c3c1C[C@@H]1[C@@H]4CC[C@@H](N(CC(C)C)C(=O)/C=C/c5ccoc5)[C@H](O2)[C@]34CCN1CC1CC1. The summed E-state index contributed by atoms with van der Waals surface area (Å²) < 4.78 is 17.9. The molecule has 1 saturated heterocycles. The average Bonchev–Trinajstić information content (AvgIpc) is 3.45. The van der Waals surface area contributed by atoms with E-state index >= 15 is 0 Å².